The number of aryl methyl sites for hydroxylation is 1. The molecular formula is C68H67N11O6S. The van der Waals surface area contributed by atoms with Crippen LogP contribution >= 0.6 is 0 Å². The summed E-state index contributed by atoms with van der Waals surface area (Å²) in [5.74, 6) is 1.01. The zero-order chi connectivity index (χ0) is 58.8. The van der Waals surface area contributed by atoms with E-state index in [1.165, 1.54) is 51.2 Å². The first-order chi connectivity index (χ1) is 42.0. The monoisotopic (exact) mass is 1170 g/mol. The van der Waals surface area contributed by atoms with Gasteiger partial charge in [0.2, 0.25) is 0 Å². The summed E-state index contributed by atoms with van der Waals surface area (Å²) in [6.45, 7) is 10.7. The van der Waals surface area contributed by atoms with Crippen LogP contribution in [0.5, 0.6) is 11.5 Å². The van der Waals surface area contributed by atoms with E-state index in [-0.39, 0.29) is 16.4 Å². The number of benzene rings is 5. The molecule has 2 fully saturated rings. The van der Waals surface area contributed by atoms with Crippen molar-refractivity contribution in [1.29, 1.82) is 0 Å². The van der Waals surface area contributed by atoms with Crippen molar-refractivity contribution in [3.05, 3.63) is 234 Å². The van der Waals surface area contributed by atoms with Crippen molar-refractivity contribution >= 4 is 44.3 Å². The molecule has 5 aromatic heterocycles. The minimum Gasteiger partial charge on any atom is -0.492 e. The van der Waals surface area contributed by atoms with Crippen molar-refractivity contribution in [2.75, 3.05) is 57.8 Å². The van der Waals surface area contributed by atoms with Crippen LogP contribution in [0.4, 0.5) is 5.69 Å². The fraction of sp³-hybridized carbons (Fsp3) is 0.235. The minimum absolute atomic E-state index is 0.120. The third kappa shape index (κ3) is 13.7. The molecule has 2 aliphatic heterocycles. The van der Waals surface area contributed by atoms with Gasteiger partial charge in [0.1, 0.15) is 24.7 Å². The van der Waals surface area contributed by atoms with E-state index in [1.54, 1.807) is 58.4 Å². The lowest BCUT2D eigenvalue weighted by molar-refractivity contribution is 0.0972. The lowest BCUT2D eigenvalue weighted by Gasteiger charge is -2.15. The fourth-order valence-electron chi connectivity index (χ4n) is 11.0. The summed E-state index contributed by atoms with van der Waals surface area (Å²) in [6.07, 6.45) is 19.3. The van der Waals surface area contributed by atoms with Gasteiger partial charge in [-0.05, 0) is 130 Å². The molecule has 17 nitrogen and oxygen atoms in total. The minimum atomic E-state index is -4.03. The van der Waals surface area contributed by atoms with Crippen LogP contribution < -0.4 is 20.1 Å². The number of carbonyl (C=O) groups excluding carboxylic acids is 2. The van der Waals surface area contributed by atoms with Crippen LogP contribution in [-0.2, 0) is 29.5 Å². The van der Waals surface area contributed by atoms with Crippen LogP contribution in [0.1, 0.15) is 74.3 Å². The highest BCUT2D eigenvalue weighted by Gasteiger charge is 2.25. The number of allylic oxidation sites excluding steroid dienone is 1. The third-order valence-electron chi connectivity index (χ3n) is 15.7. The van der Waals surface area contributed by atoms with E-state index < -0.39 is 15.9 Å². The standard InChI is InChI=1S/C37H36N6O4S.C31H31N5O2/c1-27-12-14-33(15-13-27)48(45,46)43-26-35(40-37(44)31-23-39-42(25-31)24-28-8-3-2-4-9-28)34-21-30(22-38-36(34)43)29-10-7-11-32(20-29)47-19-18-41-16-5-6-17-41;37-31(26-20-33-36(22-26)21-23-7-2-1-3-8-23)34-30-12-11-29-28(30)18-25(19-32-29)24-9-6-10-27(17-24)38-16-15-35-13-4-5-14-35/h2-4,7-15,20-23,25-26H,5-6,16-19,24H2,1H3,(H,40,44);1-3,6-10,12,17-20,22H,4-5,11,13-16,21H2,(H,34,37). The highest BCUT2D eigenvalue weighted by molar-refractivity contribution is 7.90. The molecule has 0 bridgehead atoms. The Kier molecular flexibility index (Phi) is 17.3. The summed E-state index contributed by atoms with van der Waals surface area (Å²) in [5, 5.41) is 15.2. The lowest BCUT2D eigenvalue weighted by atomic mass is 10.0. The van der Waals surface area contributed by atoms with E-state index in [9.17, 15) is 18.0 Å². The predicted molar refractivity (Wildman–Crippen MR) is 334 cm³/mol. The van der Waals surface area contributed by atoms with Gasteiger partial charge in [0.15, 0.2) is 5.65 Å². The van der Waals surface area contributed by atoms with Crippen molar-refractivity contribution in [3.8, 4) is 33.8 Å². The number of nitrogens with one attached hydrogen (secondary N) is 2. The molecule has 5 aromatic carbocycles. The molecule has 0 unspecified atom stereocenters. The number of anilines is 1. The molecule has 86 heavy (non-hydrogen) atoms. The SMILES string of the molecule is Cc1ccc(S(=O)(=O)n2cc(NC(=O)c3cnn(Cc4ccccc4)c3)c3cc(-c4cccc(OCCN5CCCC5)c4)cnc32)cc1.O=C(NC1=CCc2ncc(-c3cccc(OCCN4CCCC4)c3)cc21)c1cnn(Cc2ccccc2)c1. The molecule has 13 rings (SSSR count). The summed E-state index contributed by atoms with van der Waals surface area (Å²) in [5.41, 5.74) is 10.9. The van der Waals surface area contributed by atoms with Gasteiger partial charge in [0.05, 0.1) is 52.9 Å². The van der Waals surface area contributed by atoms with Crippen molar-refractivity contribution in [2.24, 2.45) is 0 Å². The zero-order valence-corrected chi connectivity index (χ0v) is 48.8. The van der Waals surface area contributed by atoms with Gasteiger partial charge in [0.25, 0.3) is 21.8 Å². The largest absolute Gasteiger partial charge is 0.492 e. The Labute approximate surface area is 500 Å². The molecular weight excluding hydrogens is 1100 g/mol. The first-order valence-corrected chi connectivity index (χ1v) is 30.7. The van der Waals surface area contributed by atoms with Crippen LogP contribution in [0.3, 0.4) is 0 Å². The smallest absolute Gasteiger partial charge is 0.269 e. The predicted octanol–water partition coefficient (Wildman–Crippen LogP) is 11.0. The maximum Gasteiger partial charge on any atom is 0.269 e. The average molecular weight is 1170 g/mol. The van der Waals surface area contributed by atoms with Crippen molar-refractivity contribution < 1.29 is 27.5 Å². The number of fused-ring (bicyclic) bond motifs is 2. The van der Waals surface area contributed by atoms with E-state index in [1.807, 2.05) is 122 Å². The second kappa shape index (κ2) is 26.2. The van der Waals surface area contributed by atoms with Crippen molar-refractivity contribution in [2.45, 2.75) is 57.0 Å². The lowest BCUT2D eigenvalue weighted by Crippen LogP contribution is -2.25. The number of amides is 2. The molecule has 7 heterocycles. The van der Waals surface area contributed by atoms with Gasteiger partial charge in [-0.25, -0.2) is 17.4 Å². The Morgan fingerprint density at radius 2 is 1.09 bits per heavy atom. The third-order valence-corrected chi connectivity index (χ3v) is 17.4. The number of pyridine rings is 2. The summed E-state index contributed by atoms with van der Waals surface area (Å²) < 4.78 is 44.5. The van der Waals surface area contributed by atoms with E-state index >= 15 is 0 Å². The molecule has 10 aromatic rings. The molecule has 3 aliphatic rings. The van der Waals surface area contributed by atoms with Crippen molar-refractivity contribution in [3.63, 3.8) is 0 Å². The van der Waals surface area contributed by atoms with Gasteiger partial charge < -0.3 is 20.1 Å². The quantitative estimate of drug-likeness (QED) is 0.0737. The van der Waals surface area contributed by atoms with Gasteiger partial charge in [-0.15, -0.1) is 0 Å². The van der Waals surface area contributed by atoms with Crippen LogP contribution in [0.15, 0.2) is 200 Å². The Morgan fingerprint density at radius 1 is 0.558 bits per heavy atom. The second-order valence-electron chi connectivity index (χ2n) is 21.9. The molecule has 2 amide bonds. The normalized spacial score (nSPS) is 14.1. The highest BCUT2D eigenvalue weighted by Crippen LogP contribution is 2.34. The van der Waals surface area contributed by atoms with Crippen LogP contribution in [0, 0.1) is 6.92 Å². The molecule has 436 valence electrons. The number of likely N-dealkylation sites (tertiary alicyclic amines) is 2. The molecule has 1 aliphatic carbocycles. The molecule has 2 N–H and O–H groups in total. The second-order valence-corrected chi connectivity index (χ2v) is 23.7. The summed E-state index contributed by atoms with van der Waals surface area (Å²) in [4.78, 5) is 40.8. The van der Waals surface area contributed by atoms with Crippen LogP contribution in [-0.4, -0.2) is 116 Å². The summed E-state index contributed by atoms with van der Waals surface area (Å²) >= 11 is 0. The molecule has 0 saturated carbocycles. The zero-order valence-electron chi connectivity index (χ0n) is 48.0. The van der Waals surface area contributed by atoms with Gasteiger partial charge >= 0.3 is 0 Å². The fourth-order valence-corrected chi connectivity index (χ4v) is 12.3. The van der Waals surface area contributed by atoms with Crippen LogP contribution in [0.2, 0.25) is 0 Å². The number of aromatic nitrogens is 7. The average Bonchev–Trinajstić information content (AvgIpc) is 2.31. The number of hydrogen-bond acceptors (Lipinski definition) is 12. The Bertz CT molecular complexity index is 4150. The number of nitrogens with zero attached hydrogens (tertiary/aromatic N) is 9. The van der Waals surface area contributed by atoms with Crippen molar-refractivity contribution in [1.82, 2.24) is 48.6 Å². The molecule has 2 saturated heterocycles. The summed E-state index contributed by atoms with van der Waals surface area (Å²) in [6, 6.07) is 46.4. The number of carbonyl (C=O) groups is 2. The van der Waals surface area contributed by atoms with E-state index in [2.05, 4.69) is 53.8 Å². The van der Waals surface area contributed by atoms with Gasteiger partial charge in [-0.2, -0.15) is 10.2 Å². The van der Waals surface area contributed by atoms with Gasteiger partial charge in [-0.1, -0.05) is 109 Å². The van der Waals surface area contributed by atoms with Gasteiger partial charge in [-0.3, -0.25) is 33.7 Å². The number of hydrogen-bond donors (Lipinski definition) is 2. The molecule has 0 atom stereocenters. The van der Waals surface area contributed by atoms with Gasteiger partial charge in [0, 0.05) is 78.3 Å². The maximum absolute atomic E-state index is 13.9. The maximum atomic E-state index is 13.9. The van der Waals surface area contributed by atoms with Crippen LogP contribution in [0.25, 0.3) is 39.0 Å². The molecule has 0 radical (unpaired) electrons. The first-order valence-electron chi connectivity index (χ1n) is 29.2. The number of rotatable bonds is 20. The topological polar surface area (TPSA) is 184 Å². The Hall–Kier alpha value is -9.49. The Morgan fingerprint density at radius 3 is 1.66 bits per heavy atom. The molecule has 0 spiro atoms. The Balaban J connectivity index is 0.000000173. The number of ether oxygens (including phenoxy) is 2. The molecule has 18 heteroatoms. The summed E-state index contributed by atoms with van der Waals surface area (Å²) in [7, 11) is -4.03. The van der Waals surface area contributed by atoms with E-state index in [4.69, 9.17) is 14.5 Å². The highest BCUT2D eigenvalue weighted by atomic mass is 32.2. The van der Waals surface area contributed by atoms with E-state index in [0.717, 1.165) is 97.5 Å². The van der Waals surface area contributed by atoms with E-state index in [0.29, 0.717) is 54.9 Å². The first kappa shape index (κ1) is 57.0.